The van der Waals surface area contributed by atoms with Gasteiger partial charge in [0.25, 0.3) is 23.6 Å². The van der Waals surface area contributed by atoms with Gasteiger partial charge in [0.2, 0.25) is 0 Å². The number of amides is 4. The van der Waals surface area contributed by atoms with Gasteiger partial charge in [0.05, 0.1) is 22.5 Å². The van der Waals surface area contributed by atoms with Crippen LogP contribution in [0.4, 0.5) is 37.7 Å². The summed E-state index contributed by atoms with van der Waals surface area (Å²) in [7, 11) is 0. The molecule has 0 bridgehead atoms. The zero-order valence-electron chi connectivity index (χ0n) is 21.6. The number of benzene rings is 4. The van der Waals surface area contributed by atoms with Gasteiger partial charge < -0.3 is 0 Å². The minimum atomic E-state index is -5.21. The lowest BCUT2D eigenvalue weighted by atomic mass is 9.85. The molecule has 6 nitrogen and oxygen atoms in total. The van der Waals surface area contributed by atoms with Crippen LogP contribution in [0.5, 0.6) is 0 Å². The summed E-state index contributed by atoms with van der Waals surface area (Å²) in [4.78, 5) is 55.5. The predicted octanol–water partition coefficient (Wildman–Crippen LogP) is 7.10. The van der Waals surface area contributed by atoms with Crippen LogP contribution in [0, 0.1) is 13.8 Å². The molecule has 0 aliphatic carbocycles. The molecule has 2 aliphatic heterocycles. The van der Waals surface area contributed by atoms with Gasteiger partial charge in [-0.1, -0.05) is 6.07 Å². The van der Waals surface area contributed by atoms with Crippen LogP contribution in [0.1, 0.15) is 63.7 Å². The van der Waals surface area contributed by atoms with Crippen LogP contribution in [-0.4, -0.2) is 23.6 Å². The van der Waals surface area contributed by atoms with E-state index in [0.29, 0.717) is 5.69 Å². The Hall–Kier alpha value is -5.00. The maximum atomic E-state index is 13.6. The van der Waals surface area contributed by atoms with Gasteiger partial charge >= 0.3 is 12.4 Å². The van der Waals surface area contributed by atoms with Crippen LogP contribution < -0.4 is 9.80 Å². The Labute approximate surface area is 232 Å². The monoisotopic (exact) mass is 582 g/mol. The summed E-state index contributed by atoms with van der Waals surface area (Å²) >= 11 is 0. The second-order valence-corrected chi connectivity index (χ2v) is 10.1. The Kier molecular flexibility index (Phi) is 5.66. The van der Waals surface area contributed by atoms with Gasteiger partial charge in [-0.25, -0.2) is 9.80 Å². The third kappa shape index (κ3) is 3.97. The fourth-order valence-electron chi connectivity index (χ4n) is 5.49. The number of alkyl halides is 6. The molecular formula is C30H16F6N2O4. The number of nitrogens with zero attached hydrogens (tertiary/aromatic N) is 2. The second kappa shape index (κ2) is 8.75. The lowest BCUT2D eigenvalue weighted by Gasteiger charge is -2.32. The molecule has 2 heterocycles. The van der Waals surface area contributed by atoms with Gasteiger partial charge in [0.1, 0.15) is 0 Å². The molecule has 0 spiro atoms. The van der Waals surface area contributed by atoms with E-state index in [9.17, 15) is 45.5 Å². The van der Waals surface area contributed by atoms with E-state index in [0.717, 1.165) is 16.0 Å². The Morgan fingerprint density at radius 2 is 0.786 bits per heavy atom. The van der Waals surface area contributed by atoms with Gasteiger partial charge in [-0.05, 0) is 79.6 Å². The molecular weight excluding hydrogens is 566 g/mol. The number of carbonyl (C=O) groups excluding carboxylic acids is 4. The van der Waals surface area contributed by atoms with Crippen molar-refractivity contribution in [3.8, 4) is 0 Å². The van der Waals surface area contributed by atoms with Crippen molar-refractivity contribution in [2.24, 2.45) is 0 Å². The molecule has 6 rings (SSSR count). The standard InChI is InChI=1S/C30H16F6N2O4/c1-13-7-14(2)9-17(8-13)37-25(39)19-3-5-21-24-22(6-4-20(23(19)24)26(37)40)28(42)38(27(21)41)18-11-15(29(31,32)33)10-16(12-18)30(34,35)36/h3-12H,1-2H3. The van der Waals surface area contributed by atoms with E-state index in [1.165, 1.54) is 24.3 Å². The van der Waals surface area contributed by atoms with Crippen molar-refractivity contribution >= 4 is 45.8 Å². The topological polar surface area (TPSA) is 74.8 Å². The molecule has 0 radical (unpaired) electrons. The summed E-state index contributed by atoms with van der Waals surface area (Å²) in [5.74, 6) is -3.87. The molecule has 42 heavy (non-hydrogen) atoms. The molecule has 4 aromatic rings. The van der Waals surface area contributed by atoms with Gasteiger partial charge in [-0.15, -0.1) is 0 Å². The average Bonchev–Trinajstić information content (AvgIpc) is 2.89. The summed E-state index contributed by atoms with van der Waals surface area (Å²) in [6.07, 6.45) is -10.4. The Bertz CT molecular complexity index is 1800. The highest BCUT2D eigenvalue weighted by Gasteiger charge is 2.43. The summed E-state index contributed by atoms with van der Waals surface area (Å²) in [5.41, 5.74) is -2.98. The highest BCUT2D eigenvalue weighted by atomic mass is 19.4. The lowest BCUT2D eigenvalue weighted by molar-refractivity contribution is -0.143. The zero-order valence-corrected chi connectivity index (χ0v) is 21.6. The van der Waals surface area contributed by atoms with Crippen molar-refractivity contribution in [1.29, 1.82) is 0 Å². The van der Waals surface area contributed by atoms with E-state index < -0.39 is 52.8 Å². The first kappa shape index (κ1) is 27.2. The maximum Gasteiger partial charge on any atom is 0.416 e. The fraction of sp³-hybridized carbons (Fsp3) is 0.133. The molecule has 4 amide bonds. The normalized spacial score (nSPS) is 15.2. The average molecular weight is 582 g/mol. The minimum absolute atomic E-state index is 0.00185. The van der Waals surface area contributed by atoms with Crippen LogP contribution in [0.25, 0.3) is 10.8 Å². The molecule has 0 atom stereocenters. The number of rotatable bonds is 2. The zero-order chi connectivity index (χ0) is 30.5. The van der Waals surface area contributed by atoms with Gasteiger partial charge in [-0.3, -0.25) is 19.2 Å². The highest BCUT2D eigenvalue weighted by Crippen LogP contribution is 2.43. The fourth-order valence-corrected chi connectivity index (χ4v) is 5.49. The molecule has 12 heteroatoms. The first-order valence-electron chi connectivity index (χ1n) is 12.3. The second-order valence-electron chi connectivity index (χ2n) is 10.1. The number of hydrogen-bond acceptors (Lipinski definition) is 4. The minimum Gasteiger partial charge on any atom is -0.268 e. The number of anilines is 2. The smallest absolute Gasteiger partial charge is 0.268 e. The van der Waals surface area contributed by atoms with E-state index >= 15 is 0 Å². The van der Waals surface area contributed by atoms with E-state index in [-0.39, 0.29) is 56.1 Å². The molecule has 0 fully saturated rings. The van der Waals surface area contributed by atoms with E-state index in [4.69, 9.17) is 0 Å². The summed E-state index contributed by atoms with van der Waals surface area (Å²) in [6, 6.07) is 10.4. The van der Waals surface area contributed by atoms with Crippen molar-refractivity contribution in [2.45, 2.75) is 26.2 Å². The van der Waals surface area contributed by atoms with Crippen molar-refractivity contribution in [1.82, 2.24) is 0 Å². The first-order chi connectivity index (χ1) is 19.6. The first-order valence-corrected chi connectivity index (χ1v) is 12.3. The third-order valence-electron chi connectivity index (χ3n) is 7.19. The predicted molar refractivity (Wildman–Crippen MR) is 139 cm³/mol. The van der Waals surface area contributed by atoms with Crippen LogP contribution in [0.2, 0.25) is 0 Å². The molecule has 0 saturated heterocycles. The number of hydrogen-bond donors (Lipinski definition) is 0. The van der Waals surface area contributed by atoms with Crippen LogP contribution in [0.3, 0.4) is 0 Å². The van der Waals surface area contributed by atoms with Gasteiger partial charge in [-0.2, -0.15) is 26.3 Å². The van der Waals surface area contributed by atoms with Crippen molar-refractivity contribution in [3.63, 3.8) is 0 Å². The largest absolute Gasteiger partial charge is 0.416 e. The Balaban J connectivity index is 1.53. The number of carbonyl (C=O) groups is 4. The van der Waals surface area contributed by atoms with Crippen molar-refractivity contribution in [3.05, 3.63) is 105 Å². The molecule has 2 aliphatic rings. The molecule has 4 aromatic carbocycles. The van der Waals surface area contributed by atoms with Crippen molar-refractivity contribution in [2.75, 3.05) is 9.80 Å². The van der Waals surface area contributed by atoms with E-state index in [1.54, 1.807) is 26.0 Å². The molecule has 212 valence electrons. The Morgan fingerprint density at radius 3 is 1.10 bits per heavy atom. The van der Waals surface area contributed by atoms with Crippen LogP contribution in [-0.2, 0) is 12.4 Å². The van der Waals surface area contributed by atoms with E-state index in [1.807, 2.05) is 6.07 Å². The quantitative estimate of drug-likeness (QED) is 0.187. The molecule has 0 aromatic heterocycles. The SMILES string of the molecule is Cc1cc(C)cc(N2C(=O)c3ccc4c5c(ccc(c35)C2=O)C(=O)N(c2cc(C(F)(F)F)cc(C(F)(F)F)c2)C4=O)c1. The van der Waals surface area contributed by atoms with E-state index in [2.05, 4.69) is 0 Å². The lowest BCUT2D eigenvalue weighted by Crippen LogP contribution is -2.43. The number of halogens is 6. The summed E-state index contributed by atoms with van der Waals surface area (Å²) < 4.78 is 81.0. The number of aryl methyl sites for hydroxylation is 2. The summed E-state index contributed by atoms with van der Waals surface area (Å²) in [5, 5.41) is -0.0805. The highest BCUT2D eigenvalue weighted by molar-refractivity contribution is 6.42. The van der Waals surface area contributed by atoms with Gasteiger partial charge in [0, 0.05) is 33.0 Å². The third-order valence-corrected chi connectivity index (χ3v) is 7.19. The van der Waals surface area contributed by atoms with Crippen LogP contribution >= 0.6 is 0 Å². The maximum absolute atomic E-state index is 13.6. The Morgan fingerprint density at radius 1 is 0.476 bits per heavy atom. The van der Waals surface area contributed by atoms with Gasteiger partial charge in [0.15, 0.2) is 0 Å². The van der Waals surface area contributed by atoms with Crippen LogP contribution in [0.15, 0.2) is 60.7 Å². The number of imide groups is 2. The van der Waals surface area contributed by atoms with Crippen molar-refractivity contribution < 1.29 is 45.5 Å². The molecule has 0 saturated carbocycles. The molecule has 0 N–H and O–H groups in total. The molecule has 0 unspecified atom stereocenters. The summed E-state index contributed by atoms with van der Waals surface area (Å²) in [6.45, 7) is 3.58.